The van der Waals surface area contributed by atoms with Crippen molar-refractivity contribution in [3.63, 3.8) is 0 Å². The molecule has 0 aliphatic carbocycles. The Morgan fingerprint density at radius 1 is 1.04 bits per heavy atom. The van der Waals surface area contributed by atoms with Gasteiger partial charge in [-0.1, -0.05) is 12.1 Å². The lowest BCUT2D eigenvalue weighted by Crippen LogP contribution is -2.28. The molecule has 3 rings (SSSR count). The van der Waals surface area contributed by atoms with E-state index in [0.717, 1.165) is 11.1 Å². The van der Waals surface area contributed by atoms with E-state index in [0.29, 0.717) is 28.4 Å². The predicted molar refractivity (Wildman–Crippen MR) is 91.0 cm³/mol. The van der Waals surface area contributed by atoms with Crippen LogP contribution in [0, 0.1) is 0 Å². The standard InChI is InChI=1S/C19H22O6/c1-21-10-12-8-13(22-2)9-17(24-4)18(12)19(20)15-6-5-7-16(23-3)14(15)11-25-19/h5-9,20H,10-11H2,1-4H3. The molecule has 0 aromatic heterocycles. The van der Waals surface area contributed by atoms with E-state index in [1.807, 2.05) is 18.2 Å². The van der Waals surface area contributed by atoms with Crippen molar-refractivity contribution >= 4 is 0 Å². The Labute approximate surface area is 146 Å². The number of benzene rings is 2. The van der Waals surface area contributed by atoms with Gasteiger partial charge in [-0.05, 0) is 17.7 Å². The quantitative estimate of drug-likeness (QED) is 0.867. The summed E-state index contributed by atoms with van der Waals surface area (Å²) < 4.78 is 27.4. The average Bonchev–Trinajstić information content (AvgIpc) is 2.99. The average molecular weight is 346 g/mol. The zero-order chi connectivity index (χ0) is 18.0. The molecule has 6 nitrogen and oxygen atoms in total. The van der Waals surface area contributed by atoms with E-state index < -0.39 is 5.79 Å². The summed E-state index contributed by atoms with van der Waals surface area (Å²) in [7, 11) is 6.30. The summed E-state index contributed by atoms with van der Waals surface area (Å²) in [5, 5.41) is 11.5. The minimum absolute atomic E-state index is 0.234. The number of rotatable bonds is 6. The first-order chi connectivity index (χ1) is 12.1. The highest BCUT2D eigenvalue weighted by molar-refractivity contribution is 5.56. The van der Waals surface area contributed by atoms with Crippen LogP contribution in [0.3, 0.4) is 0 Å². The molecule has 0 saturated carbocycles. The van der Waals surface area contributed by atoms with E-state index in [2.05, 4.69) is 0 Å². The molecule has 6 heteroatoms. The monoisotopic (exact) mass is 346 g/mol. The Morgan fingerprint density at radius 2 is 1.80 bits per heavy atom. The topological polar surface area (TPSA) is 66.4 Å². The lowest BCUT2D eigenvalue weighted by Gasteiger charge is -2.28. The smallest absolute Gasteiger partial charge is 0.224 e. The second kappa shape index (κ2) is 6.92. The van der Waals surface area contributed by atoms with Crippen LogP contribution in [0.15, 0.2) is 30.3 Å². The molecule has 0 radical (unpaired) electrons. The highest BCUT2D eigenvalue weighted by Gasteiger charge is 2.45. The minimum Gasteiger partial charge on any atom is -0.497 e. The van der Waals surface area contributed by atoms with Crippen LogP contribution < -0.4 is 14.2 Å². The summed E-state index contributed by atoms with van der Waals surface area (Å²) in [5.41, 5.74) is 2.67. The minimum atomic E-state index is -1.66. The number of methoxy groups -OCH3 is 4. The van der Waals surface area contributed by atoms with Crippen LogP contribution in [0.25, 0.3) is 0 Å². The van der Waals surface area contributed by atoms with Crippen LogP contribution in [-0.2, 0) is 28.5 Å². The third kappa shape index (κ3) is 2.82. The molecule has 0 saturated heterocycles. The molecular formula is C19H22O6. The molecule has 2 aromatic carbocycles. The van der Waals surface area contributed by atoms with Crippen LogP contribution in [-0.4, -0.2) is 33.5 Å². The lowest BCUT2D eigenvalue weighted by molar-refractivity contribution is -0.172. The summed E-state index contributed by atoms with van der Waals surface area (Å²) in [5.74, 6) is 0.0916. The molecule has 1 N–H and O–H groups in total. The Kier molecular flexibility index (Phi) is 4.85. The molecule has 134 valence electrons. The fourth-order valence-corrected chi connectivity index (χ4v) is 3.26. The third-order valence-electron chi connectivity index (χ3n) is 4.40. The van der Waals surface area contributed by atoms with Crippen molar-refractivity contribution in [3.05, 3.63) is 52.6 Å². The SMILES string of the molecule is COCc1cc(OC)cc(OC)c1C1(O)OCc2c(OC)cccc21. The van der Waals surface area contributed by atoms with Gasteiger partial charge in [0.05, 0.1) is 40.1 Å². The maximum Gasteiger partial charge on any atom is 0.224 e. The summed E-state index contributed by atoms with van der Waals surface area (Å²) >= 11 is 0. The highest BCUT2D eigenvalue weighted by Crippen LogP contribution is 2.48. The Balaban J connectivity index is 2.23. The molecule has 0 spiro atoms. The summed E-state index contributed by atoms with van der Waals surface area (Å²) in [4.78, 5) is 0. The van der Waals surface area contributed by atoms with E-state index in [1.54, 1.807) is 40.6 Å². The first kappa shape index (κ1) is 17.5. The Bertz CT molecular complexity index is 773. The van der Waals surface area contributed by atoms with Gasteiger partial charge in [0, 0.05) is 24.3 Å². The zero-order valence-corrected chi connectivity index (χ0v) is 14.8. The lowest BCUT2D eigenvalue weighted by atomic mass is 9.91. The predicted octanol–water partition coefficient (Wildman–Crippen LogP) is 2.58. The van der Waals surface area contributed by atoms with Crippen LogP contribution in [0.2, 0.25) is 0 Å². The van der Waals surface area contributed by atoms with Crippen molar-refractivity contribution in [2.75, 3.05) is 28.4 Å². The molecule has 1 aliphatic heterocycles. The van der Waals surface area contributed by atoms with Gasteiger partial charge in [-0.3, -0.25) is 0 Å². The van der Waals surface area contributed by atoms with Gasteiger partial charge < -0.3 is 28.8 Å². The van der Waals surface area contributed by atoms with Crippen LogP contribution >= 0.6 is 0 Å². The van der Waals surface area contributed by atoms with Gasteiger partial charge in [-0.15, -0.1) is 0 Å². The first-order valence-electron chi connectivity index (χ1n) is 7.86. The fourth-order valence-electron chi connectivity index (χ4n) is 3.26. The van der Waals surface area contributed by atoms with E-state index >= 15 is 0 Å². The second-order valence-electron chi connectivity index (χ2n) is 5.72. The van der Waals surface area contributed by atoms with Crippen molar-refractivity contribution in [2.45, 2.75) is 19.0 Å². The van der Waals surface area contributed by atoms with Gasteiger partial charge in [0.25, 0.3) is 0 Å². The summed E-state index contributed by atoms with van der Waals surface area (Å²) in [6, 6.07) is 9.01. The van der Waals surface area contributed by atoms with Gasteiger partial charge in [-0.2, -0.15) is 0 Å². The molecule has 2 aromatic rings. The van der Waals surface area contributed by atoms with Crippen LogP contribution in [0.1, 0.15) is 22.3 Å². The largest absolute Gasteiger partial charge is 0.497 e. The van der Waals surface area contributed by atoms with Crippen LogP contribution in [0.5, 0.6) is 17.2 Å². The molecule has 0 bridgehead atoms. The van der Waals surface area contributed by atoms with Gasteiger partial charge in [0.2, 0.25) is 5.79 Å². The van der Waals surface area contributed by atoms with Crippen molar-refractivity contribution < 1.29 is 28.8 Å². The normalized spacial score (nSPS) is 18.8. The summed E-state index contributed by atoms with van der Waals surface area (Å²) in [6.45, 7) is 0.505. The molecular weight excluding hydrogens is 324 g/mol. The molecule has 1 atom stereocenters. The Morgan fingerprint density at radius 3 is 2.44 bits per heavy atom. The van der Waals surface area contributed by atoms with Gasteiger partial charge in [0.1, 0.15) is 17.2 Å². The van der Waals surface area contributed by atoms with Gasteiger partial charge in [0.15, 0.2) is 0 Å². The van der Waals surface area contributed by atoms with Crippen molar-refractivity contribution in [2.24, 2.45) is 0 Å². The van der Waals surface area contributed by atoms with Crippen molar-refractivity contribution in [1.82, 2.24) is 0 Å². The molecule has 1 aliphatic rings. The van der Waals surface area contributed by atoms with E-state index in [1.165, 1.54) is 0 Å². The Hall–Kier alpha value is -2.28. The zero-order valence-electron chi connectivity index (χ0n) is 14.8. The number of hydrogen-bond acceptors (Lipinski definition) is 6. The van der Waals surface area contributed by atoms with Gasteiger partial charge in [-0.25, -0.2) is 0 Å². The molecule has 25 heavy (non-hydrogen) atoms. The van der Waals surface area contributed by atoms with Gasteiger partial charge >= 0.3 is 0 Å². The maximum absolute atomic E-state index is 11.5. The molecule has 1 unspecified atom stereocenters. The maximum atomic E-state index is 11.5. The number of fused-ring (bicyclic) bond motifs is 1. The second-order valence-corrected chi connectivity index (χ2v) is 5.72. The van der Waals surface area contributed by atoms with E-state index in [-0.39, 0.29) is 13.2 Å². The van der Waals surface area contributed by atoms with E-state index in [9.17, 15) is 5.11 Å². The fraction of sp³-hybridized carbons (Fsp3) is 0.368. The molecule has 1 heterocycles. The number of ether oxygens (including phenoxy) is 5. The van der Waals surface area contributed by atoms with Crippen LogP contribution in [0.4, 0.5) is 0 Å². The number of hydrogen-bond donors (Lipinski definition) is 1. The summed E-state index contributed by atoms with van der Waals surface area (Å²) in [6.07, 6.45) is 0. The first-order valence-corrected chi connectivity index (χ1v) is 7.86. The van der Waals surface area contributed by atoms with Crippen molar-refractivity contribution in [3.8, 4) is 17.2 Å². The molecule has 0 fully saturated rings. The molecule has 0 amide bonds. The van der Waals surface area contributed by atoms with E-state index in [4.69, 9.17) is 23.7 Å². The number of aliphatic hydroxyl groups is 1. The highest BCUT2D eigenvalue weighted by atomic mass is 16.6. The van der Waals surface area contributed by atoms with Crippen molar-refractivity contribution in [1.29, 1.82) is 0 Å². The third-order valence-corrected chi connectivity index (χ3v) is 4.40.